The molecule has 0 saturated heterocycles. The minimum atomic E-state index is 0.357. The van der Waals surface area contributed by atoms with Crippen LogP contribution >= 0.6 is 0 Å². The summed E-state index contributed by atoms with van der Waals surface area (Å²) >= 11 is 0. The molecule has 0 spiro atoms. The molecule has 1 aromatic rings. The molecule has 0 aromatic carbocycles. The van der Waals surface area contributed by atoms with Gasteiger partial charge in [0.25, 0.3) is 0 Å². The lowest BCUT2D eigenvalue weighted by Crippen LogP contribution is -2.33. The van der Waals surface area contributed by atoms with E-state index in [-0.39, 0.29) is 0 Å². The summed E-state index contributed by atoms with van der Waals surface area (Å²) in [4.78, 5) is 0. The third-order valence-electron chi connectivity index (χ3n) is 3.45. The minimum Gasteiger partial charge on any atom is -0.384 e. The van der Waals surface area contributed by atoms with Crippen LogP contribution in [0.2, 0.25) is 0 Å². The molecule has 1 aromatic heterocycles. The van der Waals surface area contributed by atoms with E-state index >= 15 is 0 Å². The molecule has 1 aliphatic carbocycles. The topological polar surface area (TPSA) is 43.8 Å². The number of nitrogen functional groups attached to an aromatic ring is 1. The monoisotopic (exact) mass is 179 g/mol. The molecule has 3 nitrogen and oxygen atoms in total. The third kappa shape index (κ3) is 1.14. The standard InChI is InChI=1S/C10H17N3/c1-3-10(5-4-6-10)8-7-9(11)13(2)12-8/h7H,3-6,11H2,1-2H3. The van der Waals surface area contributed by atoms with E-state index in [1.807, 2.05) is 13.1 Å². The average Bonchev–Trinajstić information content (AvgIpc) is 2.31. The number of aryl methyl sites for hydroxylation is 1. The van der Waals surface area contributed by atoms with Crippen molar-refractivity contribution in [3.8, 4) is 0 Å². The Balaban J connectivity index is 2.33. The van der Waals surface area contributed by atoms with Crippen LogP contribution < -0.4 is 5.73 Å². The summed E-state index contributed by atoms with van der Waals surface area (Å²) in [6, 6.07) is 2.03. The van der Waals surface area contributed by atoms with Crippen molar-refractivity contribution in [2.75, 3.05) is 5.73 Å². The van der Waals surface area contributed by atoms with Gasteiger partial charge in [-0.2, -0.15) is 5.10 Å². The van der Waals surface area contributed by atoms with Gasteiger partial charge >= 0.3 is 0 Å². The van der Waals surface area contributed by atoms with Crippen molar-refractivity contribution >= 4 is 5.82 Å². The van der Waals surface area contributed by atoms with E-state index in [0.717, 1.165) is 5.82 Å². The van der Waals surface area contributed by atoms with Gasteiger partial charge in [0.05, 0.1) is 5.69 Å². The van der Waals surface area contributed by atoms with E-state index in [1.54, 1.807) is 4.68 Å². The number of hydrogen-bond acceptors (Lipinski definition) is 2. The van der Waals surface area contributed by atoms with Gasteiger partial charge in [-0.25, -0.2) is 0 Å². The number of nitrogens with two attached hydrogens (primary N) is 1. The van der Waals surface area contributed by atoms with Crippen LogP contribution in [0.5, 0.6) is 0 Å². The van der Waals surface area contributed by atoms with Crippen molar-refractivity contribution in [3.63, 3.8) is 0 Å². The fraction of sp³-hybridized carbons (Fsp3) is 0.700. The van der Waals surface area contributed by atoms with E-state index in [2.05, 4.69) is 12.0 Å². The molecule has 0 aliphatic heterocycles. The van der Waals surface area contributed by atoms with E-state index in [9.17, 15) is 0 Å². The smallest absolute Gasteiger partial charge is 0.121 e. The second-order valence-corrected chi connectivity index (χ2v) is 4.07. The van der Waals surface area contributed by atoms with Gasteiger partial charge < -0.3 is 5.73 Å². The molecule has 13 heavy (non-hydrogen) atoms. The summed E-state index contributed by atoms with van der Waals surface area (Å²) < 4.78 is 1.77. The molecule has 1 aliphatic rings. The molecule has 2 N–H and O–H groups in total. The summed E-state index contributed by atoms with van der Waals surface area (Å²) in [7, 11) is 1.90. The summed E-state index contributed by atoms with van der Waals surface area (Å²) in [5.74, 6) is 0.773. The highest BCUT2D eigenvalue weighted by molar-refractivity contribution is 5.35. The first-order chi connectivity index (χ1) is 6.18. The van der Waals surface area contributed by atoms with Gasteiger partial charge in [0.1, 0.15) is 5.82 Å². The number of anilines is 1. The van der Waals surface area contributed by atoms with Crippen LogP contribution in [0.3, 0.4) is 0 Å². The molecule has 1 fully saturated rings. The Hall–Kier alpha value is -0.990. The molecule has 1 saturated carbocycles. The van der Waals surface area contributed by atoms with E-state index in [0.29, 0.717) is 5.41 Å². The Kier molecular flexibility index (Phi) is 1.82. The van der Waals surface area contributed by atoms with E-state index in [4.69, 9.17) is 5.73 Å². The third-order valence-corrected chi connectivity index (χ3v) is 3.45. The number of hydrogen-bond donors (Lipinski definition) is 1. The molecule has 2 rings (SSSR count). The Bertz CT molecular complexity index is 285. The fourth-order valence-corrected chi connectivity index (χ4v) is 2.14. The molecule has 72 valence electrons. The molecule has 0 radical (unpaired) electrons. The molecular formula is C10H17N3. The van der Waals surface area contributed by atoms with Crippen molar-refractivity contribution in [2.24, 2.45) is 7.05 Å². The van der Waals surface area contributed by atoms with Crippen molar-refractivity contribution in [1.29, 1.82) is 0 Å². The SMILES string of the molecule is CCC1(c2cc(N)n(C)n2)CCC1. The van der Waals surface area contributed by atoms with Gasteiger partial charge in [0.2, 0.25) is 0 Å². The minimum absolute atomic E-state index is 0.357. The maximum Gasteiger partial charge on any atom is 0.121 e. The normalized spacial score (nSPS) is 19.8. The summed E-state index contributed by atoms with van der Waals surface area (Å²) in [5, 5.41) is 4.47. The lowest BCUT2D eigenvalue weighted by Gasteiger charge is -2.39. The van der Waals surface area contributed by atoms with Crippen LogP contribution in [0.4, 0.5) is 5.82 Å². The fourth-order valence-electron chi connectivity index (χ4n) is 2.14. The van der Waals surface area contributed by atoms with E-state index in [1.165, 1.54) is 31.4 Å². The summed E-state index contributed by atoms with van der Waals surface area (Å²) in [6.07, 6.45) is 5.08. The van der Waals surface area contributed by atoms with Crippen molar-refractivity contribution in [1.82, 2.24) is 9.78 Å². The zero-order chi connectivity index (χ0) is 9.47. The maximum absolute atomic E-state index is 5.77. The molecular weight excluding hydrogens is 162 g/mol. The Morgan fingerprint density at radius 3 is 2.62 bits per heavy atom. The second-order valence-electron chi connectivity index (χ2n) is 4.07. The van der Waals surface area contributed by atoms with Crippen molar-refractivity contribution in [2.45, 2.75) is 38.0 Å². The predicted molar refractivity (Wildman–Crippen MR) is 53.4 cm³/mol. The van der Waals surface area contributed by atoms with E-state index < -0.39 is 0 Å². The predicted octanol–water partition coefficient (Wildman–Crippen LogP) is 1.83. The van der Waals surface area contributed by atoms with Crippen molar-refractivity contribution in [3.05, 3.63) is 11.8 Å². The summed E-state index contributed by atoms with van der Waals surface area (Å²) in [5.41, 5.74) is 7.32. The number of rotatable bonds is 2. The van der Waals surface area contributed by atoms with Crippen LogP contribution in [0.1, 0.15) is 38.3 Å². The maximum atomic E-state index is 5.77. The second kappa shape index (κ2) is 2.76. The average molecular weight is 179 g/mol. The number of nitrogens with zero attached hydrogens (tertiary/aromatic N) is 2. The first-order valence-electron chi connectivity index (χ1n) is 4.98. The van der Waals surface area contributed by atoms with Crippen LogP contribution in [-0.2, 0) is 12.5 Å². The molecule has 1 heterocycles. The highest BCUT2D eigenvalue weighted by Crippen LogP contribution is 2.45. The quantitative estimate of drug-likeness (QED) is 0.752. The Morgan fingerprint density at radius 2 is 2.31 bits per heavy atom. The first-order valence-corrected chi connectivity index (χ1v) is 4.98. The molecule has 3 heteroatoms. The number of aromatic nitrogens is 2. The molecule has 0 bridgehead atoms. The van der Waals surface area contributed by atoms with Gasteiger partial charge in [0.15, 0.2) is 0 Å². The van der Waals surface area contributed by atoms with Gasteiger partial charge in [-0.1, -0.05) is 13.3 Å². The molecule has 0 unspecified atom stereocenters. The van der Waals surface area contributed by atoms with Gasteiger partial charge in [-0.15, -0.1) is 0 Å². The Morgan fingerprint density at radius 1 is 1.62 bits per heavy atom. The Labute approximate surface area is 78.9 Å². The lowest BCUT2D eigenvalue weighted by molar-refractivity contribution is 0.226. The van der Waals surface area contributed by atoms with Crippen LogP contribution in [0.15, 0.2) is 6.07 Å². The highest BCUT2D eigenvalue weighted by atomic mass is 15.3. The zero-order valence-corrected chi connectivity index (χ0v) is 8.38. The largest absolute Gasteiger partial charge is 0.384 e. The van der Waals surface area contributed by atoms with Crippen LogP contribution in [-0.4, -0.2) is 9.78 Å². The van der Waals surface area contributed by atoms with Gasteiger partial charge in [0, 0.05) is 18.5 Å². The molecule has 0 amide bonds. The van der Waals surface area contributed by atoms with Gasteiger partial charge in [-0.05, 0) is 19.3 Å². The highest BCUT2D eigenvalue weighted by Gasteiger charge is 2.39. The van der Waals surface area contributed by atoms with Crippen LogP contribution in [0.25, 0.3) is 0 Å². The van der Waals surface area contributed by atoms with Gasteiger partial charge in [-0.3, -0.25) is 4.68 Å². The molecule has 0 atom stereocenters. The van der Waals surface area contributed by atoms with Crippen molar-refractivity contribution < 1.29 is 0 Å². The first kappa shape index (κ1) is 8.60. The van der Waals surface area contributed by atoms with Crippen LogP contribution in [0, 0.1) is 0 Å². The summed E-state index contributed by atoms with van der Waals surface area (Å²) in [6.45, 7) is 2.24. The lowest BCUT2D eigenvalue weighted by atomic mass is 9.65. The zero-order valence-electron chi connectivity index (χ0n) is 8.38.